The molecule has 0 bridgehead atoms. The molecular formula is C11H13FN2O2S. The second-order valence-corrected chi connectivity index (χ2v) is 5.52. The van der Waals surface area contributed by atoms with Gasteiger partial charge < -0.3 is 5.32 Å². The van der Waals surface area contributed by atoms with Crippen molar-refractivity contribution in [3.05, 3.63) is 34.1 Å². The number of nitro groups is 1. The van der Waals surface area contributed by atoms with Crippen LogP contribution in [-0.4, -0.2) is 22.0 Å². The zero-order valence-electron chi connectivity index (χ0n) is 9.35. The number of benzene rings is 1. The second kappa shape index (κ2) is 4.91. The quantitative estimate of drug-likeness (QED) is 0.667. The number of nitrogens with zero attached hydrogens (tertiary/aromatic N) is 1. The monoisotopic (exact) mass is 256 g/mol. The van der Waals surface area contributed by atoms with E-state index in [0.717, 1.165) is 12.2 Å². The van der Waals surface area contributed by atoms with E-state index in [4.69, 9.17) is 0 Å². The number of hydrogen-bond acceptors (Lipinski definition) is 4. The lowest BCUT2D eigenvalue weighted by Gasteiger charge is -2.17. The molecule has 1 N–H and O–H groups in total. The molecule has 0 aliphatic carbocycles. The number of rotatable bonds is 3. The molecule has 1 heterocycles. The Morgan fingerprint density at radius 2 is 2.35 bits per heavy atom. The molecule has 0 saturated carbocycles. The van der Waals surface area contributed by atoms with Gasteiger partial charge in [0, 0.05) is 29.1 Å². The van der Waals surface area contributed by atoms with Crippen molar-refractivity contribution in [2.24, 2.45) is 0 Å². The van der Waals surface area contributed by atoms with Gasteiger partial charge in [-0.2, -0.15) is 16.2 Å². The third-order valence-corrected chi connectivity index (χ3v) is 4.20. The molecule has 1 aromatic carbocycles. The Hall–Kier alpha value is -1.30. The first-order valence-corrected chi connectivity index (χ1v) is 6.45. The summed E-state index contributed by atoms with van der Waals surface area (Å²) in [5.41, 5.74) is 0.122. The maximum Gasteiger partial charge on any atom is 0.304 e. The Balaban J connectivity index is 2.12. The Morgan fingerprint density at radius 1 is 1.59 bits per heavy atom. The van der Waals surface area contributed by atoms with Crippen molar-refractivity contribution in [3.8, 4) is 0 Å². The molecule has 0 amide bonds. The number of thioether (sulfide) groups is 1. The summed E-state index contributed by atoms with van der Waals surface area (Å²) in [4.78, 5) is 9.76. The van der Waals surface area contributed by atoms with Gasteiger partial charge in [-0.05, 0) is 18.2 Å². The third-order valence-electron chi connectivity index (χ3n) is 2.87. The summed E-state index contributed by atoms with van der Waals surface area (Å²) in [6, 6.07) is 4.25. The number of anilines is 1. The van der Waals surface area contributed by atoms with Crippen LogP contribution in [0.15, 0.2) is 18.2 Å². The van der Waals surface area contributed by atoms with E-state index in [2.05, 4.69) is 12.2 Å². The highest BCUT2D eigenvalue weighted by molar-refractivity contribution is 8.00. The van der Waals surface area contributed by atoms with Crippen molar-refractivity contribution in [1.29, 1.82) is 0 Å². The predicted molar refractivity (Wildman–Crippen MR) is 67.0 cm³/mol. The van der Waals surface area contributed by atoms with E-state index in [0.29, 0.717) is 17.0 Å². The van der Waals surface area contributed by atoms with Crippen molar-refractivity contribution in [2.75, 3.05) is 11.1 Å². The fourth-order valence-corrected chi connectivity index (χ4v) is 3.08. The Kier molecular flexibility index (Phi) is 3.51. The summed E-state index contributed by atoms with van der Waals surface area (Å²) in [6.07, 6.45) is 1.03. The van der Waals surface area contributed by atoms with Gasteiger partial charge >= 0.3 is 5.69 Å². The first-order chi connectivity index (χ1) is 8.08. The zero-order chi connectivity index (χ0) is 12.4. The predicted octanol–water partition coefficient (Wildman–Crippen LogP) is 3.04. The summed E-state index contributed by atoms with van der Waals surface area (Å²) in [6.45, 7) is 2.12. The molecule has 6 heteroatoms. The smallest absolute Gasteiger partial charge is 0.304 e. The largest absolute Gasteiger partial charge is 0.381 e. The molecule has 1 saturated heterocycles. The SMILES string of the molecule is CC1SCCC1Nc1ccc([N+](=O)[O-])c(F)c1. The average molecular weight is 256 g/mol. The van der Waals surface area contributed by atoms with Crippen LogP contribution >= 0.6 is 11.8 Å². The molecule has 17 heavy (non-hydrogen) atoms. The van der Waals surface area contributed by atoms with Gasteiger partial charge in [0.15, 0.2) is 0 Å². The number of halogens is 1. The van der Waals surface area contributed by atoms with E-state index in [-0.39, 0.29) is 0 Å². The minimum Gasteiger partial charge on any atom is -0.381 e. The van der Waals surface area contributed by atoms with Crippen molar-refractivity contribution >= 4 is 23.1 Å². The van der Waals surface area contributed by atoms with E-state index < -0.39 is 16.4 Å². The molecule has 2 unspecified atom stereocenters. The Morgan fingerprint density at radius 3 is 2.88 bits per heavy atom. The molecule has 4 nitrogen and oxygen atoms in total. The van der Waals surface area contributed by atoms with E-state index in [1.165, 1.54) is 12.1 Å². The van der Waals surface area contributed by atoms with Crippen molar-refractivity contribution in [3.63, 3.8) is 0 Å². The van der Waals surface area contributed by atoms with Gasteiger partial charge in [-0.3, -0.25) is 10.1 Å². The lowest BCUT2D eigenvalue weighted by molar-refractivity contribution is -0.387. The van der Waals surface area contributed by atoms with Crippen LogP contribution in [0.3, 0.4) is 0 Å². The third kappa shape index (κ3) is 2.69. The summed E-state index contributed by atoms with van der Waals surface area (Å²) < 4.78 is 13.4. The Bertz CT molecular complexity index is 441. The van der Waals surface area contributed by atoms with Gasteiger partial charge in [0.2, 0.25) is 5.82 Å². The van der Waals surface area contributed by atoms with Crippen LogP contribution in [0.25, 0.3) is 0 Å². The van der Waals surface area contributed by atoms with Gasteiger partial charge in [-0.15, -0.1) is 0 Å². The average Bonchev–Trinajstić information content (AvgIpc) is 2.64. The molecule has 1 aromatic rings. The minimum atomic E-state index is -0.793. The normalized spacial score (nSPS) is 23.6. The fourth-order valence-electron chi connectivity index (χ4n) is 1.88. The number of nitrogens with one attached hydrogen (secondary N) is 1. The molecule has 1 fully saturated rings. The lowest BCUT2D eigenvalue weighted by atomic mass is 10.1. The molecule has 1 aliphatic heterocycles. The topological polar surface area (TPSA) is 55.2 Å². The summed E-state index contributed by atoms with van der Waals surface area (Å²) in [5.74, 6) is 0.298. The highest BCUT2D eigenvalue weighted by atomic mass is 32.2. The maximum absolute atomic E-state index is 13.4. The molecule has 0 spiro atoms. The van der Waals surface area contributed by atoms with Crippen molar-refractivity contribution in [2.45, 2.75) is 24.6 Å². The van der Waals surface area contributed by atoms with Gasteiger partial charge in [0.05, 0.1) is 4.92 Å². The summed E-state index contributed by atoms with van der Waals surface area (Å²) in [7, 11) is 0. The van der Waals surface area contributed by atoms with Crippen LogP contribution in [0.2, 0.25) is 0 Å². The summed E-state index contributed by atoms with van der Waals surface area (Å²) >= 11 is 1.87. The highest BCUT2D eigenvalue weighted by Crippen LogP contribution is 2.29. The standard InChI is InChI=1S/C11H13FN2O2S/c1-7-10(4-5-17-7)13-8-2-3-11(14(15)16)9(12)6-8/h2-3,6-7,10,13H,4-5H2,1H3. The highest BCUT2D eigenvalue weighted by Gasteiger charge is 2.24. The molecule has 92 valence electrons. The molecular weight excluding hydrogens is 243 g/mol. The zero-order valence-corrected chi connectivity index (χ0v) is 10.2. The minimum absolute atomic E-state index is 0.306. The lowest BCUT2D eigenvalue weighted by Crippen LogP contribution is -2.24. The fraction of sp³-hybridized carbons (Fsp3) is 0.455. The second-order valence-electron chi connectivity index (χ2n) is 4.04. The van der Waals surface area contributed by atoms with Crippen LogP contribution < -0.4 is 5.32 Å². The van der Waals surface area contributed by atoms with E-state index in [1.54, 1.807) is 6.07 Å². The van der Waals surface area contributed by atoms with Crippen molar-refractivity contribution < 1.29 is 9.31 Å². The van der Waals surface area contributed by atoms with Gasteiger partial charge in [-0.25, -0.2) is 0 Å². The molecule has 1 aliphatic rings. The molecule has 2 rings (SSSR count). The van der Waals surface area contributed by atoms with Crippen LogP contribution in [0, 0.1) is 15.9 Å². The van der Waals surface area contributed by atoms with Gasteiger partial charge in [0.25, 0.3) is 0 Å². The van der Waals surface area contributed by atoms with Gasteiger partial charge in [0.1, 0.15) is 0 Å². The Labute approximate surface area is 103 Å². The van der Waals surface area contributed by atoms with Crippen LogP contribution in [0.5, 0.6) is 0 Å². The molecule has 0 radical (unpaired) electrons. The molecule has 0 aromatic heterocycles. The van der Waals surface area contributed by atoms with Crippen LogP contribution in [0.4, 0.5) is 15.8 Å². The van der Waals surface area contributed by atoms with Crippen molar-refractivity contribution in [1.82, 2.24) is 0 Å². The van der Waals surface area contributed by atoms with E-state index >= 15 is 0 Å². The van der Waals surface area contributed by atoms with E-state index in [1.807, 2.05) is 11.8 Å². The number of nitro benzene ring substituents is 1. The number of hydrogen-bond donors (Lipinski definition) is 1. The first kappa shape index (κ1) is 12.2. The first-order valence-electron chi connectivity index (χ1n) is 5.40. The maximum atomic E-state index is 13.4. The van der Waals surface area contributed by atoms with Gasteiger partial charge in [-0.1, -0.05) is 6.92 Å². The van der Waals surface area contributed by atoms with Crippen LogP contribution in [-0.2, 0) is 0 Å². The molecule has 2 atom stereocenters. The van der Waals surface area contributed by atoms with Crippen LogP contribution in [0.1, 0.15) is 13.3 Å². The summed E-state index contributed by atoms with van der Waals surface area (Å²) in [5, 5.41) is 14.2. The van der Waals surface area contributed by atoms with E-state index in [9.17, 15) is 14.5 Å².